The van der Waals surface area contributed by atoms with E-state index in [4.69, 9.17) is 9.97 Å². The van der Waals surface area contributed by atoms with Gasteiger partial charge in [-0.05, 0) is 93.0 Å². The molecule has 0 unspecified atom stereocenters. The van der Waals surface area contributed by atoms with Crippen molar-refractivity contribution in [2.45, 2.75) is 64.7 Å². The van der Waals surface area contributed by atoms with Crippen LogP contribution >= 0.6 is 22.6 Å². The molecule has 1 aliphatic heterocycles. The molecule has 1 aliphatic carbocycles. The molecule has 1 fully saturated rings. The first kappa shape index (κ1) is 23.2. The third-order valence-electron chi connectivity index (χ3n) is 7.17. The van der Waals surface area contributed by atoms with E-state index in [0.717, 1.165) is 58.9 Å². The molecule has 2 atom stereocenters. The zero-order chi connectivity index (χ0) is 23.5. The first-order valence-corrected chi connectivity index (χ1v) is 13.8. The van der Waals surface area contributed by atoms with E-state index in [-0.39, 0.29) is 16.2 Å². The summed E-state index contributed by atoms with van der Waals surface area (Å²) in [7, 11) is -1.12. The topological polar surface area (TPSA) is 62.5 Å². The molecule has 0 radical (unpaired) electrons. The number of hydrogen-bond acceptors (Lipinski definition) is 4. The third-order valence-corrected chi connectivity index (χ3v) is 9.99. The molecule has 2 aromatic heterocycles. The number of benzene rings is 1. The van der Waals surface area contributed by atoms with Gasteiger partial charge in [-0.1, -0.05) is 24.3 Å². The number of nitrogens with zero attached hydrogens (tertiary/aromatic N) is 4. The molecule has 1 aromatic carbocycles. The lowest BCUT2D eigenvalue weighted by Crippen LogP contribution is -2.48. The molecule has 6 nitrogen and oxygen atoms in total. The molecule has 1 spiro atoms. The number of fused-ring (bicyclic) bond motifs is 2. The van der Waals surface area contributed by atoms with Crippen molar-refractivity contribution in [3.63, 3.8) is 0 Å². The normalized spacial score (nSPS) is 21.0. The molecule has 0 saturated carbocycles. The van der Waals surface area contributed by atoms with Crippen molar-refractivity contribution < 1.29 is 4.21 Å². The monoisotopic (exact) mass is 577 g/mol. The number of aryl methyl sites for hydroxylation is 2. The van der Waals surface area contributed by atoms with Gasteiger partial charge in [-0.15, -0.1) is 0 Å². The lowest BCUT2D eigenvalue weighted by molar-refractivity contribution is 0.177. The van der Waals surface area contributed by atoms with E-state index < -0.39 is 11.0 Å². The van der Waals surface area contributed by atoms with Gasteiger partial charge in [0.1, 0.15) is 0 Å². The minimum absolute atomic E-state index is 0.0727. The number of halogens is 1. The lowest BCUT2D eigenvalue weighted by Gasteiger charge is -2.44. The van der Waals surface area contributed by atoms with Gasteiger partial charge in [0, 0.05) is 19.3 Å². The van der Waals surface area contributed by atoms with E-state index in [1.54, 1.807) is 0 Å². The van der Waals surface area contributed by atoms with E-state index in [1.165, 1.54) is 11.1 Å². The largest absolute Gasteiger partial charge is 0.342 e. The summed E-state index contributed by atoms with van der Waals surface area (Å²) in [6, 6.07) is 8.81. The highest BCUT2D eigenvalue weighted by Crippen LogP contribution is 2.52. The predicted molar refractivity (Wildman–Crippen MR) is 143 cm³/mol. The van der Waals surface area contributed by atoms with Crippen LogP contribution in [0.3, 0.4) is 0 Å². The molecule has 176 valence electrons. The van der Waals surface area contributed by atoms with Crippen LogP contribution in [0.4, 0.5) is 5.95 Å². The van der Waals surface area contributed by atoms with E-state index in [1.807, 2.05) is 27.7 Å². The van der Waals surface area contributed by atoms with Crippen LogP contribution in [0.1, 0.15) is 62.2 Å². The SMILES string of the molecule is Cc1cn2c(N3CCC4(CC3)Cc3ccccc3[C@H]4N[S@](=O)C(C)(C)C)nc(C)c(I)c2n1. The number of nitrogens with one attached hydrogen (secondary N) is 1. The highest BCUT2D eigenvalue weighted by molar-refractivity contribution is 14.1. The molecule has 1 N–H and O–H groups in total. The maximum Gasteiger partial charge on any atom is 0.211 e. The van der Waals surface area contributed by atoms with Crippen molar-refractivity contribution >= 4 is 45.2 Å². The maximum atomic E-state index is 13.1. The number of hydrogen-bond donors (Lipinski definition) is 1. The average Bonchev–Trinajstić information content (AvgIpc) is 3.29. The second-order valence-electron chi connectivity index (χ2n) is 10.5. The van der Waals surface area contributed by atoms with Crippen LogP contribution in [-0.4, -0.2) is 36.4 Å². The summed E-state index contributed by atoms with van der Waals surface area (Å²) in [6.07, 6.45) is 5.19. The summed E-state index contributed by atoms with van der Waals surface area (Å²) in [5, 5.41) is 0. The van der Waals surface area contributed by atoms with Crippen molar-refractivity contribution in [2.24, 2.45) is 5.41 Å². The van der Waals surface area contributed by atoms with E-state index in [9.17, 15) is 4.21 Å². The molecule has 8 heteroatoms. The van der Waals surface area contributed by atoms with Crippen LogP contribution in [0, 0.1) is 22.8 Å². The minimum atomic E-state index is -1.12. The van der Waals surface area contributed by atoms with Gasteiger partial charge in [-0.25, -0.2) is 18.9 Å². The number of imidazole rings is 1. The number of rotatable bonds is 3. The van der Waals surface area contributed by atoms with Crippen LogP contribution in [0.2, 0.25) is 0 Å². The number of piperidine rings is 1. The molecular weight excluding hydrogens is 545 g/mol. The van der Waals surface area contributed by atoms with Crippen molar-refractivity contribution in [1.82, 2.24) is 19.1 Å². The van der Waals surface area contributed by atoms with Crippen molar-refractivity contribution in [1.29, 1.82) is 0 Å². The summed E-state index contributed by atoms with van der Waals surface area (Å²) in [5.74, 6) is 0.983. The number of aromatic nitrogens is 3. The second-order valence-corrected chi connectivity index (χ2v) is 13.6. The Balaban J connectivity index is 1.45. The summed E-state index contributed by atoms with van der Waals surface area (Å²) in [5.41, 5.74) is 5.81. The smallest absolute Gasteiger partial charge is 0.211 e. The van der Waals surface area contributed by atoms with E-state index in [2.05, 4.69) is 74.0 Å². The maximum absolute atomic E-state index is 13.1. The zero-order valence-corrected chi connectivity index (χ0v) is 23.0. The molecule has 3 aromatic rings. The van der Waals surface area contributed by atoms with Gasteiger partial charge in [0.05, 0.1) is 36.7 Å². The average molecular weight is 578 g/mol. The van der Waals surface area contributed by atoms with Crippen LogP contribution in [0.5, 0.6) is 0 Å². The van der Waals surface area contributed by atoms with E-state index in [0.29, 0.717) is 0 Å². The van der Waals surface area contributed by atoms with Gasteiger partial charge >= 0.3 is 0 Å². The van der Waals surface area contributed by atoms with E-state index >= 15 is 0 Å². The fourth-order valence-corrected chi connectivity index (χ4v) is 6.77. The number of anilines is 1. The molecule has 2 aliphatic rings. The fourth-order valence-electron chi connectivity index (χ4n) is 5.32. The Morgan fingerprint density at radius 2 is 1.85 bits per heavy atom. The molecule has 0 amide bonds. The summed E-state index contributed by atoms with van der Waals surface area (Å²) >= 11 is 2.35. The van der Waals surface area contributed by atoms with Crippen LogP contribution in [-0.2, 0) is 17.4 Å². The highest BCUT2D eigenvalue weighted by atomic mass is 127. The lowest BCUT2D eigenvalue weighted by atomic mass is 9.73. The van der Waals surface area contributed by atoms with Gasteiger partial charge < -0.3 is 4.90 Å². The highest BCUT2D eigenvalue weighted by Gasteiger charge is 2.49. The summed E-state index contributed by atoms with van der Waals surface area (Å²) in [6.45, 7) is 12.1. The first-order chi connectivity index (χ1) is 15.6. The summed E-state index contributed by atoms with van der Waals surface area (Å²) in [4.78, 5) is 12.1. The minimum Gasteiger partial charge on any atom is -0.342 e. The third kappa shape index (κ3) is 4.01. The van der Waals surface area contributed by atoms with Crippen molar-refractivity contribution in [2.75, 3.05) is 18.0 Å². The Bertz CT molecular complexity index is 1240. The zero-order valence-electron chi connectivity index (χ0n) is 20.0. The van der Waals surface area contributed by atoms with Gasteiger partial charge in [0.2, 0.25) is 5.95 Å². The van der Waals surface area contributed by atoms with Gasteiger partial charge in [-0.2, -0.15) is 0 Å². The quantitative estimate of drug-likeness (QED) is 0.451. The van der Waals surface area contributed by atoms with Crippen molar-refractivity contribution in [3.05, 3.63) is 56.5 Å². The van der Waals surface area contributed by atoms with Crippen LogP contribution < -0.4 is 9.62 Å². The van der Waals surface area contributed by atoms with Gasteiger partial charge in [0.25, 0.3) is 0 Å². The Kier molecular flexibility index (Phi) is 5.85. The molecule has 1 saturated heterocycles. The second kappa shape index (κ2) is 8.30. The summed E-state index contributed by atoms with van der Waals surface area (Å²) < 4.78 is 19.6. The Labute approximate surface area is 212 Å². The van der Waals surface area contributed by atoms with Crippen LogP contribution in [0.15, 0.2) is 30.5 Å². The molecule has 5 rings (SSSR count). The Morgan fingerprint density at radius 3 is 2.55 bits per heavy atom. The Morgan fingerprint density at radius 1 is 1.15 bits per heavy atom. The Hall–Kier alpha value is -1.52. The standard InChI is InChI=1S/C25H32IN5OS/c1-16-15-31-22(27-16)20(26)17(2)28-23(31)30-12-10-25(11-13-30)14-18-8-6-7-9-19(18)21(25)29-33(32)24(3,4)5/h6-9,15,21,29H,10-14H2,1-5H3/t21-,33-/m1/s1. The van der Waals surface area contributed by atoms with Crippen LogP contribution in [0.25, 0.3) is 5.65 Å². The van der Waals surface area contributed by atoms with Gasteiger partial charge in [0.15, 0.2) is 5.65 Å². The first-order valence-electron chi connectivity index (χ1n) is 11.6. The fraction of sp³-hybridized carbons (Fsp3) is 0.520. The molecular formula is C25H32IN5OS. The molecule has 33 heavy (non-hydrogen) atoms. The predicted octanol–water partition coefficient (Wildman–Crippen LogP) is 4.89. The molecule has 0 bridgehead atoms. The van der Waals surface area contributed by atoms with Gasteiger partial charge in [-0.3, -0.25) is 4.40 Å². The van der Waals surface area contributed by atoms with Crippen molar-refractivity contribution in [3.8, 4) is 0 Å². The molecule has 3 heterocycles.